The summed E-state index contributed by atoms with van der Waals surface area (Å²) >= 11 is 0. The average Bonchev–Trinajstić information content (AvgIpc) is 2.48. The molecule has 0 heterocycles. The first-order valence-corrected chi connectivity index (χ1v) is 6.50. The summed E-state index contributed by atoms with van der Waals surface area (Å²) in [5.74, 6) is -1.32. The first-order chi connectivity index (χ1) is 10.2. The molecule has 4 heteroatoms. The zero-order valence-corrected chi connectivity index (χ0v) is 11.3. The van der Waals surface area contributed by atoms with Gasteiger partial charge in [0.2, 0.25) is 5.91 Å². The maximum atomic E-state index is 11.8. The van der Waals surface area contributed by atoms with Crippen molar-refractivity contribution in [3.05, 3.63) is 71.8 Å². The van der Waals surface area contributed by atoms with Gasteiger partial charge in [-0.1, -0.05) is 54.6 Å². The average molecular weight is 281 g/mol. The van der Waals surface area contributed by atoms with Gasteiger partial charge in [0.1, 0.15) is 0 Å². The predicted molar refractivity (Wildman–Crippen MR) is 82.1 cm³/mol. The first-order valence-electron chi connectivity index (χ1n) is 6.50. The van der Waals surface area contributed by atoms with E-state index in [0.29, 0.717) is 5.69 Å². The summed E-state index contributed by atoms with van der Waals surface area (Å²) in [7, 11) is 0. The molecule has 106 valence electrons. The van der Waals surface area contributed by atoms with Crippen molar-refractivity contribution in [3.63, 3.8) is 0 Å². The number of nitrogens with one attached hydrogen (secondary N) is 1. The molecule has 0 saturated carbocycles. The molecule has 4 nitrogen and oxygen atoms in total. The van der Waals surface area contributed by atoms with Gasteiger partial charge in [-0.3, -0.25) is 4.79 Å². The van der Waals surface area contributed by atoms with E-state index in [1.807, 2.05) is 36.4 Å². The van der Waals surface area contributed by atoms with Crippen LogP contribution in [-0.2, 0) is 4.79 Å². The van der Waals surface area contributed by atoms with Crippen LogP contribution in [-0.4, -0.2) is 17.0 Å². The highest BCUT2D eigenvalue weighted by molar-refractivity contribution is 6.00. The highest BCUT2D eigenvalue weighted by Gasteiger charge is 2.10. The Bertz CT molecular complexity index is 663. The molecule has 2 aromatic carbocycles. The Kier molecular flexibility index (Phi) is 4.88. The van der Waals surface area contributed by atoms with E-state index in [1.54, 1.807) is 24.3 Å². The molecule has 0 atom stereocenters. The molecule has 2 aromatic rings. The molecule has 21 heavy (non-hydrogen) atoms. The molecule has 2 N–H and O–H groups in total. The van der Waals surface area contributed by atoms with Crippen LogP contribution in [0.3, 0.4) is 0 Å². The van der Waals surface area contributed by atoms with E-state index in [1.165, 1.54) is 6.07 Å². The number of para-hydroxylation sites is 1. The fourth-order valence-corrected chi connectivity index (χ4v) is 1.85. The predicted octanol–water partition coefficient (Wildman–Crippen LogP) is 3.43. The number of carboxylic acid groups (broad SMARTS) is 1. The van der Waals surface area contributed by atoms with Gasteiger partial charge in [0.05, 0.1) is 11.3 Å². The van der Waals surface area contributed by atoms with Gasteiger partial charge in [-0.05, 0) is 17.7 Å². The van der Waals surface area contributed by atoms with Crippen molar-refractivity contribution in [2.75, 3.05) is 5.32 Å². The van der Waals surface area contributed by atoms with Crippen LogP contribution in [0.2, 0.25) is 0 Å². The van der Waals surface area contributed by atoms with Crippen LogP contribution >= 0.6 is 0 Å². The van der Waals surface area contributed by atoms with Crippen LogP contribution in [0.1, 0.15) is 22.3 Å². The normalized spacial score (nSPS) is 10.5. The molecule has 0 fully saturated rings. The standard InChI is InChI=1S/C17H15NO3/c19-16(12-6-9-13-7-2-1-3-8-13)18-15-11-5-4-10-14(15)17(20)21/h1-11H,12H2,(H,18,19)(H,20,21). The Morgan fingerprint density at radius 1 is 1.00 bits per heavy atom. The second-order valence-corrected chi connectivity index (χ2v) is 4.42. The number of hydrogen-bond acceptors (Lipinski definition) is 2. The third-order valence-electron chi connectivity index (χ3n) is 2.84. The number of benzene rings is 2. The Morgan fingerprint density at radius 3 is 2.38 bits per heavy atom. The maximum Gasteiger partial charge on any atom is 0.337 e. The van der Waals surface area contributed by atoms with Gasteiger partial charge in [0.15, 0.2) is 0 Å². The summed E-state index contributed by atoms with van der Waals surface area (Å²) in [6, 6.07) is 16.0. The fourth-order valence-electron chi connectivity index (χ4n) is 1.85. The third-order valence-corrected chi connectivity index (χ3v) is 2.84. The van der Waals surface area contributed by atoms with Gasteiger partial charge in [0, 0.05) is 6.42 Å². The van der Waals surface area contributed by atoms with Crippen LogP contribution in [0, 0.1) is 0 Å². The number of hydrogen-bond donors (Lipinski definition) is 2. The lowest BCUT2D eigenvalue weighted by Crippen LogP contribution is -2.13. The van der Waals surface area contributed by atoms with E-state index in [9.17, 15) is 9.59 Å². The van der Waals surface area contributed by atoms with Crippen LogP contribution < -0.4 is 5.32 Å². The quantitative estimate of drug-likeness (QED) is 0.882. The Balaban J connectivity index is 1.97. The molecular formula is C17H15NO3. The van der Waals surface area contributed by atoms with E-state index in [-0.39, 0.29) is 17.9 Å². The van der Waals surface area contributed by atoms with Crippen molar-refractivity contribution in [1.29, 1.82) is 0 Å². The minimum absolute atomic E-state index is 0.0814. The lowest BCUT2D eigenvalue weighted by Gasteiger charge is -2.06. The van der Waals surface area contributed by atoms with Gasteiger partial charge in [0.25, 0.3) is 0 Å². The van der Waals surface area contributed by atoms with Gasteiger partial charge < -0.3 is 10.4 Å². The van der Waals surface area contributed by atoms with Crippen molar-refractivity contribution in [1.82, 2.24) is 0 Å². The van der Waals surface area contributed by atoms with Gasteiger partial charge >= 0.3 is 5.97 Å². The third kappa shape index (κ3) is 4.31. The molecule has 0 aromatic heterocycles. The van der Waals surface area contributed by atoms with Gasteiger partial charge in [-0.15, -0.1) is 0 Å². The fraction of sp³-hybridized carbons (Fsp3) is 0.0588. The van der Waals surface area contributed by atoms with Crippen molar-refractivity contribution in [2.24, 2.45) is 0 Å². The highest BCUT2D eigenvalue weighted by atomic mass is 16.4. The first kappa shape index (κ1) is 14.5. The maximum absolute atomic E-state index is 11.8. The van der Waals surface area contributed by atoms with Crippen LogP contribution in [0.25, 0.3) is 6.08 Å². The van der Waals surface area contributed by atoms with E-state index < -0.39 is 5.97 Å². The molecule has 0 spiro atoms. The molecule has 1 amide bonds. The summed E-state index contributed by atoms with van der Waals surface area (Å²) < 4.78 is 0. The molecule has 0 aliphatic carbocycles. The van der Waals surface area contributed by atoms with E-state index >= 15 is 0 Å². The van der Waals surface area contributed by atoms with Crippen molar-refractivity contribution in [3.8, 4) is 0 Å². The number of rotatable bonds is 5. The largest absolute Gasteiger partial charge is 0.478 e. The topological polar surface area (TPSA) is 66.4 Å². The monoisotopic (exact) mass is 281 g/mol. The zero-order chi connectivity index (χ0) is 15.1. The molecule has 0 aliphatic rings. The number of anilines is 1. The lowest BCUT2D eigenvalue weighted by molar-refractivity contribution is -0.115. The van der Waals surface area contributed by atoms with Crippen molar-refractivity contribution >= 4 is 23.6 Å². The smallest absolute Gasteiger partial charge is 0.337 e. The van der Waals surface area contributed by atoms with Crippen LogP contribution in [0.4, 0.5) is 5.69 Å². The SMILES string of the molecule is O=C(CC=Cc1ccccc1)Nc1ccccc1C(=O)O. The molecule has 0 unspecified atom stereocenters. The molecular weight excluding hydrogens is 266 g/mol. The summed E-state index contributed by atoms with van der Waals surface area (Å²) in [6.45, 7) is 0. The minimum atomic E-state index is -1.06. The number of aromatic carboxylic acids is 1. The minimum Gasteiger partial charge on any atom is -0.478 e. The molecule has 0 saturated heterocycles. The summed E-state index contributed by atoms with van der Waals surface area (Å²) in [4.78, 5) is 22.9. The molecule has 0 radical (unpaired) electrons. The van der Waals surface area contributed by atoms with Crippen molar-refractivity contribution in [2.45, 2.75) is 6.42 Å². The zero-order valence-electron chi connectivity index (χ0n) is 11.3. The number of carbonyl (C=O) groups is 2. The van der Waals surface area contributed by atoms with Gasteiger partial charge in [-0.25, -0.2) is 4.79 Å². The highest BCUT2D eigenvalue weighted by Crippen LogP contribution is 2.15. The summed E-state index contributed by atoms with van der Waals surface area (Å²) in [5.41, 5.74) is 1.40. The van der Waals surface area contributed by atoms with E-state index in [0.717, 1.165) is 5.56 Å². The van der Waals surface area contributed by atoms with E-state index in [2.05, 4.69) is 5.32 Å². The number of carbonyl (C=O) groups excluding carboxylic acids is 1. The van der Waals surface area contributed by atoms with E-state index in [4.69, 9.17) is 5.11 Å². The van der Waals surface area contributed by atoms with Crippen LogP contribution in [0.5, 0.6) is 0 Å². The number of amides is 1. The summed E-state index contributed by atoms with van der Waals surface area (Å²) in [6.07, 6.45) is 3.78. The van der Waals surface area contributed by atoms with Gasteiger partial charge in [-0.2, -0.15) is 0 Å². The van der Waals surface area contributed by atoms with Crippen LogP contribution in [0.15, 0.2) is 60.7 Å². The Hall–Kier alpha value is -2.88. The molecule has 0 bridgehead atoms. The second kappa shape index (κ2) is 7.05. The Labute approximate surface area is 122 Å². The second-order valence-electron chi connectivity index (χ2n) is 4.42. The Morgan fingerprint density at radius 2 is 1.67 bits per heavy atom. The number of carboxylic acids is 1. The molecule has 0 aliphatic heterocycles. The van der Waals surface area contributed by atoms with Crippen molar-refractivity contribution < 1.29 is 14.7 Å². The summed E-state index contributed by atoms with van der Waals surface area (Å²) in [5, 5.41) is 11.6. The molecule has 2 rings (SSSR count). The lowest BCUT2D eigenvalue weighted by atomic mass is 10.1.